The van der Waals surface area contributed by atoms with Gasteiger partial charge in [-0.05, 0) is 100 Å². The van der Waals surface area contributed by atoms with Crippen molar-refractivity contribution in [1.29, 1.82) is 0 Å². The summed E-state index contributed by atoms with van der Waals surface area (Å²) in [6, 6.07) is 0. The lowest BCUT2D eigenvalue weighted by Crippen LogP contribution is -2.67. The predicted molar refractivity (Wildman–Crippen MR) is 164 cm³/mol. The number of amides is 1. The van der Waals surface area contributed by atoms with Gasteiger partial charge in [0.2, 0.25) is 0 Å². The normalized spacial score (nSPS) is 37.1. The smallest absolute Gasteiger partial charge is 0.407 e. The molecule has 7 atom stereocenters. The van der Waals surface area contributed by atoms with E-state index in [4.69, 9.17) is 15.6 Å². The van der Waals surface area contributed by atoms with Crippen molar-refractivity contribution >= 4 is 6.09 Å². The topological polar surface area (TPSA) is 87.8 Å². The summed E-state index contributed by atoms with van der Waals surface area (Å²) in [7, 11) is 1.98. The van der Waals surface area contributed by atoms with Crippen LogP contribution in [0.5, 0.6) is 0 Å². The molecule has 230 valence electrons. The summed E-state index contributed by atoms with van der Waals surface area (Å²) in [5.74, 6) is 3.03. The third-order valence-electron chi connectivity index (χ3n) is 12.2. The Morgan fingerprint density at radius 1 is 1.10 bits per heavy atom. The van der Waals surface area contributed by atoms with Gasteiger partial charge in [0.25, 0.3) is 0 Å². The van der Waals surface area contributed by atoms with Gasteiger partial charge in [0.05, 0.1) is 6.61 Å². The highest BCUT2D eigenvalue weighted by molar-refractivity contribution is 5.67. The van der Waals surface area contributed by atoms with Crippen LogP contribution in [0.2, 0.25) is 0 Å². The van der Waals surface area contributed by atoms with Crippen molar-refractivity contribution in [3.63, 3.8) is 0 Å². The SMILES string of the molecule is CC(C)CCCCCC1CCC2[C@@H]3CC=C4C[C@@H](OC(=O)NCCCN(C)CCO)CC[C@]4(C)[C@]3(N)CC[C@]12C. The molecule has 0 aromatic rings. The minimum Gasteiger partial charge on any atom is -0.446 e. The van der Waals surface area contributed by atoms with Gasteiger partial charge in [-0.3, -0.25) is 0 Å². The van der Waals surface area contributed by atoms with E-state index in [-0.39, 0.29) is 29.8 Å². The lowest BCUT2D eigenvalue weighted by molar-refractivity contribution is -0.0705. The van der Waals surface area contributed by atoms with E-state index in [1.165, 1.54) is 56.9 Å². The number of nitrogens with two attached hydrogens (primary N) is 1. The molecule has 0 aromatic heterocycles. The maximum absolute atomic E-state index is 12.5. The average Bonchev–Trinajstić information content (AvgIpc) is 3.23. The molecule has 1 amide bonds. The second-order valence-corrected chi connectivity index (χ2v) is 14.9. The van der Waals surface area contributed by atoms with Crippen molar-refractivity contribution in [2.75, 3.05) is 33.3 Å². The number of likely N-dealkylation sites (N-methyl/N-ethyl adjacent to an activating group) is 1. The van der Waals surface area contributed by atoms with E-state index in [1.54, 1.807) is 0 Å². The Morgan fingerprint density at radius 3 is 2.65 bits per heavy atom. The Kier molecular flexibility index (Phi) is 10.7. The largest absolute Gasteiger partial charge is 0.446 e. The van der Waals surface area contributed by atoms with Gasteiger partial charge in [0.15, 0.2) is 0 Å². The predicted octanol–water partition coefficient (Wildman–Crippen LogP) is 6.66. The molecule has 0 bridgehead atoms. The quantitative estimate of drug-likeness (QED) is 0.173. The molecular weight excluding hydrogens is 498 g/mol. The van der Waals surface area contributed by atoms with Gasteiger partial charge in [0.1, 0.15) is 6.10 Å². The molecule has 0 heterocycles. The molecule has 2 unspecified atom stereocenters. The highest BCUT2D eigenvalue weighted by Gasteiger charge is 2.64. The molecule has 3 saturated carbocycles. The van der Waals surface area contributed by atoms with Gasteiger partial charge in [-0.2, -0.15) is 0 Å². The van der Waals surface area contributed by atoms with E-state index < -0.39 is 0 Å². The van der Waals surface area contributed by atoms with E-state index in [2.05, 4.69) is 44.0 Å². The molecule has 4 aliphatic rings. The number of rotatable bonds is 13. The molecule has 0 radical (unpaired) electrons. The van der Waals surface area contributed by atoms with Crippen molar-refractivity contribution in [3.8, 4) is 0 Å². The fourth-order valence-electron chi connectivity index (χ4n) is 9.48. The van der Waals surface area contributed by atoms with Crippen LogP contribution < -0.4 is 11.1 Å². The number of nitrogens with zero attached hydrogens (tertiary/aromatic N) is 1. The number of alkyl carbamates (subject to hydrolysis) is 1. The molecule has 0 aromatic carbocycles. The fraction of sp³-hybridized carbons (Fsp3) is 0.912. The van der Waals surface area contributed by atoms with E-state index in [9.17, 15) is 4.79 Å². The minimum absolute atomic E-state index is 0.0137. The first kappa shape index (κ1) is 31.8. The van der Waals surface area contributed by atoms with E-state index in [1.807, 2.05) is 7.05 Å². The Balaban J connectivity index is 1.31. The van der Waals surface area contributed by atoms with Gasteiger partial charge in [-0.1, -0.05) is 65.0 Å². The number of ether oxygens (including phenoxy) is 1. The zero-order valence-corrected chi connectivity index (χ0v) is 26.5. The maximum atomic E-state index is 12.5. The number of nitrogens with one attached hydrogen (secondary N) is 1. The van der Waals surface area contributed by atoms with Crippen LogP contribution in [0, 0.1) is 34.5 Å². The van der Waals surface area contributed by atoms with Crippen LogP contribution >= 0.6 is 0 Å². The molecule has 4 aliphatic carbocycles. The number of fused-ring (bicyclic) bond motifs is 5. The zero-order chi connectivity index (χ0) is 29.0. The van der Waals surface area contributed by atoms with Crippen LogP contribution in [0.4, 0.5) is 4.79 Å². The monoisotopic (exact) mass is 559 g/mol. The van der Waals surface area contributed by atoms with Crippen LogP contribution in [-0.2, 0) is 4.74 Å². The fourth-order valence-corrected chi connectivity index (χ4v) is 9.48. The molecule has 4 N–H and O–H groups in total. The molecule has 6 heteroatoms. The lowest BCUT2D eigenvalue weighted by Gasteiger charge is -2.63. The van der Waals surface area contributed by atoms with Gasteiger partial charge >= 0.3 is 6.09 Å². The standard InChI is InChI=1S/C34H61N3O3/c1-25(2)10-7-6-8-11-26-12-14-29-30-15-13-27-24-28(40-31(39)36-20-9-21-37(5)22-23-38)16-17-33(27,4)34(30,35)19-18-32(26,29)3/h13,25-26,28-30,38H,6-12,14-24,35H2,1-5H3,(H,36,39)/t26?,28-,29?,30-,32+,33-,34-/m0/s1. The molecule has 40 heavy (non-hydrogen) atoms. The average molecular weight is 560 g/mol. The van der Waals surface area contributed by atoms with Crippen molar-refractivity contribution in [2.24, 2.45) is 40.2 Å². The van der Waals surface area contributed by atoms with E-state index in [0.29, 0.717) is 24.4 Å². The number of aliphatic hydroxyl groups excluding tert-OH is 1. The summed E-state index contributed by atoms with van der Waals surface area (Å²) in [5, 5.41) is 11.9. The first-order chi connectivity index (χ1) is 19.0. The molecular formula is C34H61N3O3. The zero-order valence-electron chi connectivity index (χ0n) is 26.5. The summed E-state index contributed by atoms with van der Waals surface area (Å²) in [6.45, 7) is 12.0. The number of hydrogen-bond donors (Lipinski definition) is 3. The third-order valence-corrected chi connectivity index (χ3v) is 12.2. The number of unbranched alkanes of at least 4 members (excludes halogenated alkanes) is 2. The van der Waals surface area contributed by atoms with E-state index >= 15 is 0 Å². The molecule has 0 saturated heterocycles. The Bertz CT molecular complexity index is 876. The summed E-state index contributed by atoms with van der Waals surface area (Å²) >= 11 is 0. The molecule has 0 aliphatic heterocycles. The number of carbonyl (C=O) groups excluding carboxylic acids is 1. The van der Waals surface area contributed by atoms with Crippen LogP contribution in [-0.4, -0.2) is 61.0 Å². The molecule has 3 fully saturated rings. The van der Waals surface area contributed by atoms with Crippen LogP contribution in [0.3, 0.4) is 0 Å². The minimum atomic E-state index is -0.301. The Morgan fingerprint density at radius 2 is 1.90 bits per heavy atom. The number of aliphatic hydroxyl groups is 1. The molecule has 0 spiro atoms. The summed E-state index contributed by atoms with van der Waals surface area (Å²) in [6.07, 6.45) is 19.0. The van der Waals surface area contributed by atoms with Crippen LogP contribution in [0.1, 0.15) is 118 Å². The highest BCUT2D eigenvalue weighted by Crippen LogP contribution is 2.67. The van der Waals surface area contributed by atoms with Gasteiger partial charge in [-0.15, -0.1) is 0 Å². The second-order valence-electron chi connectivity index (χ2n) is 14.9. The van der Waals surface area contributed by atoms with E-state index in [0.717, 1.165) is 62.8 Å². The van der Waals surface area contributed by atoms with Crippen LogP contribution in [0.25, 0.3) is 0 Å². The Hall–Kier alpha value is -1.11. The van der Waals surface area contributed by atoms with Crippen molar-refractivity contribution in [2.45, 2.75) is 129 Å². The van der Waals surface area contributed by atoms with Gasteiger partial charge < -0.3 is 25.8 Å². The first-order valence-corrected chi connectivity index (χ1v) is 16.8. The summed E-state index contributed by atoms with van der Waals surface area (Å²) < 4.78 is 5.89. The van der Waals surface area contributed by atoms with Crippen molar-refractivity contribution in [3.05, 3.63) is 11.6 Å². The Labute approximate surface area is 245 Å². The van der Waals surface area contributed by atoms with Crippen LogP contribution in [0.15, 0.2) is 11.6 Å². The third kappa shape index (κ3) is 6.59. The summed E-state index contributed by atoms with van der Waals surface area (Å²) in [5.41, 5.74) is 9.36. The first-order valence-electron chi connectivity index (χ1n) is 16.8. The molecule has 4 rings (SSSR count). The van der Waals surface area contributed by atoms with Crippen molar-refractivity contribution < 1.29 is 14.6 Å². The highest BCUT2D eigenvalue weighted by atomic mass is 16.6. The lowest BCUT2D eigenvalue weighted by atomic mass is 9.44. The molecule has 6 nitrogen and oxygen atoms in total. The second kappa shape index (κ2) is 13.5. The summed E-state index contributed by atoms with van der Waals surface area (Å²) in [4.78, 5) is 14.6. The maximum Gasteiger partial charge on any atom is 0.407 e. The van der Waals surface area contributed by atoms with Crippen molar-refractivity contribution in [1.82, 2.24) is 10.2 Å². The van der Waals surface area contributed by atoms with Gasteiger partial charge in [0, 0.05) is 30.5 Å². The number of allylic oxidation sites excluding steroid dienone is 1. The number of carbonyl (C=O) groups is 1. The van der Waals surface area contributed by atoms with Gasteiger partial charge in [-0.25, -0.2) is 4.79 Å². The number of hydrogen-bond acceptors (Lipinski definition) is 5.